The van der Waals surface area contributed by atoms with Crippen LogP contribution in [0, 0.1) is 5.92 Å². The lowest BCUT2D eigenvalue weighted by atomic mass is 9.79. The Morgan fingerprint density at radius 2 is 1.85 bits per heavy atom. The summed E-state index contributed by atoms with van der Waals surface area (Å²) < 4.78 is 0. The molecule has 0 aromatic heterocycles. The SMILES string of the molecule is CCCC1CCCN(CCC2(NC)CCCCC2)CC1. The number of hydrogen-bond acceptors (Lipinski definition) is 2. The van der Waals surface area contributed by atoms with Crippen molar-refractivity contribution in [1.29, 1.82) is 0 Å². The Morgan fingerprint density at radius 3 is 2.55 bits per heavy atom. The zero-order chi connectivity index (χ0) is 14.3. The standard InChI is InChI=1S/C18H36N2/c1-3-8-17-9-7-14-20(15-10-17)16-13-18(19-2)11-5-4-6-12-18/h17,19H,3-16H2,1-2H3. The third-order valence-corrected chi connectivity index (χ3v) is 5.88. The first-order valence-corrected chi connectivity index (χ1v) is 9.19. The zero-order valence-corrected chi connectivity index (χ0v) is 13.9. The number of likely N-dealkylation sites (tertiary alicyclic amines) is 1. The molecule has 0 spiro atoms. The van der Waals surface area contributed by atoms with Gasteiger partial charge in [-0.3, -0.25) is 0 Å². The lowest BCUT2D eigenvalue weighted by Crippen LogP contribution is -2.47. The Bertz CT molecular complexity index is 258. The fourth-order valence-electron chi connectivity index (χ4n) is 4.37. The highest BCUT2D eigenvalue weighted by Gasteiger charge is 2.30. The molecule has 0 radical (unpaired) electrons. The monoisotopic (exact) mass is 280 g/mol. The minimum absolute atomic E-state index is 0.466. The quantitative estimate of drug-likeness (QED) is 0.784. The molecule has 118 valence electrons. The van der Waals surface area contributed by atoms with Crippen molar-refractivity contribution in [3.8, 4) is 0 Å². The molecular weight excluding hydrogens is 244 g/mol. The number of nitrogens with one attached hydrogen (secondary N) is 1. The number of nitrogens with zero attached hydrogens (tertiary/aromatic N) is 1. The van der Waals surface area contributed by atoms with Gasteiger partial charge in [-0.15, -0.1) is 0 Å². The van der Waals surface area contributed by atoms with Gasteiger partial charge < -0.3 is 10.2 Å². The van der Waals surface area contributed by atoms with Crippen LogP contribution in [-0.4, -0.2) is 37.1 Å². The summed E-state index contributed by atoms with van der Waals surface area (Å²) in [5.74, 6) is 1.01. The van der Waals surface area contributed by atoms with Crippen LogP contribution >= 0.6 is 0 Å². The van der Waals surface area contributed by atoms with E-state index in [2.05, 4.69) is 24.2 Å². The second kappa shape index (κ2) is 8.38. The molecule has 1 unspecified atom stereocenters. The van der Waals surface area contributed by atoms with Gasteiger partial charge >= 0.3 is 0 Å². The maximum atomic E-state index is 3.68. The van der Waals surface area contributed by atoms with Crippen LogP contribution in [0.25, 0.3) is 0 Å². The molecule has 1 aliphatic carbocycles. The van der Waals surface area contributed by atoms with E-state index in [0.29, 0.717) is 5.54 Å². The average molecular weight is 280 g/mol. The highest BCUT2D eigenvalue weighted by Crippen LogP contribution is 2.31. The van der Waals surface area contributed by atoms with E-state index in [1.807, 2.05) is 0 Å². The Labute approximate surface area is 126 Å². The largest absolute Gasteiger partial charge is 0.314 e. The van der Waals surface area contributed by atoms with Gasteiger partial charge in [0.2, 0.25) is 0 Å². The minimum Gasteiger partial charge on any atom is -0.314 e. The van der Waals surface area contributed by atoms with Crippen molar-refractivity contribution < 1.29 is 0 Å². The van der Waals surface area contributed by atoms with Gasteiger partial charge in [-0.25, -0.2) is 0 Å². The van der Waals surface area contributed by atoms with Crippen molar-refractivity contribution in [1.82, 2.24) is 10.2 Å². The Morgan fingerprint density at radius 1 is 1.05 bits per heavy atom. The van der Waals surface area contributed by atoms with Crippen LogP contribution in [0.4, 0.5) is 0 Å². The molecule has 0 aromatic carbocycles. The lowest BCUT2D eigenvalue weighted by Gasteiger charge is -2.38. The first kappa shape index (κ1) is 16.3. The molecule has 0 amide bonds. The van der Waals surface area contributed by atoms with Gasteiger partial charge in [0, 0.05) is 5.54 Å². The van der Waals surface area contributed by atoms with Gasteiger partial charge in [-0.2, -0.15) is 0 Å². The van der Waals surface area contributed by atoms with Gasteiger partial charge in [0.05, 0.1) is 0 Å². The molecule has 1 saturated carbocycles. The molecule has 20 heavy (non-hydrogen) atoms. The Hall–Kier alpha value is -0.0800. The van der Waals surface area contributed by atoms with Crippen LogP contribution in [0.3, 0.4) is 0 Å². The van der Waals surface area contributed by atoms with E-state index >= 15 is 0 Å². The van der Waals surface area contributed by atoms with E-state index in [0.717, 1.165) is 5.92 Å². The summed E-state index contributed by atoms with van der Waals surface area (Å²) in [6.07, 6.45) is 15.6. The molecule has 1 saturated heterocycles. The molecule has 0 aromatic rings. The molecule has 1 atom stereocenters. The molecule has 2 heteroatoms. The first-order valence-electron chi connectivity index (χ1n) is 9.19. The minimum atomic E-state index is 0.466. The third-order valence-electron chi connectivity index (χ3n) is 5.88. The average Bonchev–Trinajstić information content (AvgIpc) is 2.72. The van der Waals surface area contributed by atoms with Crippen molar-refractivity contribution in [2.45, 2.75) is 83.1 Å². The Kier molecular flexibility index (Phi) is 6.83. The van der Waals surface area contributed by atoms with E-state index in [4.69, 9.17) is 0 Å². The topological polar surface area (TPSA) is 15.3 Å². The summed E-state index contributed by atoms with van der Waals surface area (Å²) >= 11 is 0. The second-order valence-electron chi connectivity index (χ2n) is 7.27. The summed E-state index contributed by atoms with van der Waals surface area (Å²) in [4.78, 5) is 2.75. The van der Waals surface area contributed by atoms with Crippen LogP contribution in [0.5, 0.6) is 0 Å². The van der Waals surface area contributed by atoms with Crippen molar-refractivity contribution in [2.24, 2.45) is 5.92 Å². The highest BCUT2D eigenvalue weighted by molar-refractivity contribution is 4.90. The van der Waals surface area contributed by atoms with E-state index in [9.17, 15) is 0 Å². The van der Waals surface area contributed by atoms with Gasteiger partial charge in [0.25, 0.3) is 0 Å². The van der Waals surface area contributed by atoms with Gasteiger partial charge in [-0.05, 0) is 71.1 Å². The normalized spacial score (nSPS) is 28.2. The maximum absolute atomic E-state index is 3.68. The van der Waals surface area contributed by atoms with Crippen LogP contribution in [0.1, 0.15) is 77.6 Å². The van der Waals surface area contributed by atoms with E-state index < -0.39 is 0 Å². The predicted molar refractivity (Wildman–Crippen MR) is 88.2 cm³/mol. The number of rotatable bonds is 6. The van der Waals surface area contributed by atoms with Crippen molar-refractivity contribution in [3.05, 3.63) is 0 Å². The maximum Gasteiger partial charge on any atom is 0.0190 e. The molecular formula is C18H36N2. The van der Waals surface area contributed by atoms with E-state index in [1.54, 1.807) is 0 Å². The molecule has 0 bridgehead atoms. The lowest BCUT2D eigenvalue weighted by molar-refractivity contribution is 0.183. The first-order chi connectivity index (χ1) is 9.78. The van der Waals surface area contributed by atoms with Crippen molar-refractivity contribution in [2.75, 3.05) is 26.7 Å². The summed E-state index contributed by atoms with van der Waals surface area (Å²) in [5, 5.41) is 3.68. The van der Waals surface area contributed by atoms with Gasteiger partial charge in [-0.1, -0.05) is 39.0 Å². The van der Waals surface area contributed by atoms with Crippen LogP contribution in [-0.2, 0) is 0 Å². The molecule has 2 fully saturated rings. The van der Waals surface area contributed by atoms with E-state index in [-0.39, 0.29) is 0 Å². The molecule has 2 nitrogen and oxygen atoms in total. The fourth-order valence-corrected chi connectivity index (χ4v) is 4.37. The highest BCUT2D eigenvalue weighted by atomic mass is 15.1. The summed E-state index contributed by atoms with van der Waals surface area (Å²) in [6.45, 7) is 6.35. The van der Waals surface area contributed by atoms with Gasteiger partial charge in [0.15, 0.2) is 0 Å². The molecule has 1 N–H and O–H groups in total. The van der Waals surface area contributed by atoms with Gasteiger partial charge in [0.1, 0.15) is 0 Å². The summed E-state index contributed by atoms with van der Waals surface area (Å²) in [5.41, 5.74) is 0.466. The smallest absolute Gasteiger partial charge is 0.0190 e. The number of hydrogen-bond donors (Lipinski definition) is 1. The third kappa shape index (κ3) is 4.73. The van der Waals surface area contributed by atoms with Crippen LogP contribution in [0.15, 0.2) is 0 Å². The Balaban J connectivity index is 1.75. The zero-order valence-electron chi connectivity index (χ0n) is 13.9. The molecule has 2 aliphatic rings. The summed E-state index contributed by atoms with van der Waals surface area (Å²) in [6, 6.07) is 0. The molecule has 1 heterocycles. The molecule has 2 rings (SSSR count). The van der Waals surface area contributed by atoms with Crippen molar-refractivity contribution in [3.63, 3.8) is 0 Å². The molecule has 1 aliphatic heterocycles. The summed E-state index contributed by atoms with van der Waals surface area (Å²) in [7, 11) is 2.19. The second-order valence-corrected chi connectivity index (χ2v) is 7.27. The fraction of sp³-hybridized carbons (Fsp3) is 1.00. The van der Waals surface area contributed by atoms with Crippen LogP contribution in [0.2, 0.25) is 0 Å². The van der Waals surface area contributed by atoms with Crippen LogP contribution < -0.4 is 5.32 Å². The van der Waals surface area contributed by atoms with E-state index in [1.165, 1.54) is 90.3 Å². The predicted octanol–water partition coefficient (Wildman–Crippen LogP) is 4.20. The van der Waals surface area contributed by atoms with Crippen molar-refractivity contribution >= 4 is 0 Å².